The molecule has 0 radical (unpaired) electrons. The summed E-state index contributed by atoms with van der Waals surface area (Å²) in [6.45, 7) is 4.89. The summed E-state index contributed by atoms with van der Waals surface area (Å²) in [4.78, 5) is 16.8. The standard InChI is InChI=1S/C16H23BrN2O/c1-12-4-5-15(17)14(10-12)16(20)19-8-6-13(7-9-19)11-18(2)3/h4-5,10,13H,6-9,11H2,1-3H3. The third-order valence-electron chi connectivity index (χ3n) is 3.88. The van der Waals surface area contributed by atoms with E-state index in [1.807, 2.05) is 30.0 Å². The average molecular weight is 339 g/mol. The minimum absolute atomic E-state index is 0.156. The van der Waals surface area contributed by atoms with Crippen LogP contribution in [0.3, 0.4) is 0 Å². The highest BCUT2D eigenvalue weighted by Crippen LogP contribution is 2.23. The second-order valence-corrected chi connectivity index (χ2v) is 6.84. The van der Waals surface area contributed by atoms with Gasteiger partial charge in [0.15, 0.2) is 0 Å². The zero-order valence-electron chi connectivity index (χ0n) is 12.5. The molecule has 110 valence electrons. The fourth-order valence-corrected chi connectivity index (χ4v) is 3.22. The largest absolute Gasteiger partial charge is 0.339 e. The molecule has 2 rings (SSSR count). The Hall–Kier alpha value is -0.870. The van der Waals surface area contributed by atoms with E-state index in [1.165, 1.54) is 0 Å². The van der Waals surface area contributed by atoms with Gasteiger partial charge in [0.1, 0.15) is 0 Å². The Morgan fingerprint density at radius 1 is 1.35 bits per heavy atom. The zero-order chi connectivity index (χ0) is 14.7. The minimum Gasteiger partial charge on any atom is -0.339 e. The lowest BCUT2D eigenvalue weighted by Crippen LogP contribution is -2.40. The molecule has 1 aliphatic rings. The van der Waals surface area contributed by atoms with Crippen molar-refractivity contribution in [3.63, 3.8) is 0 Å². The summed E-state index contributed by atoms with van der Waals surface area (Å²) in [6, 6.07) is 5.95. The van der Waals surface area contributed by atoms with E-state index in [0.29, 0.717) is 0 Å². The lowest BCUT2D eigenvalue weighted by Gasteiger charge is -2.33. The summed E-state index contributed by atoms with van der Waals surface area (Å²) in [5.41, 5.74) is 1.91. The van der Waals surface area contributed by atoms with Crippen LogP contribution >= 0.6 is 15.9 Å². The van der Waals surface area contributed by atoms with Gasteiger partial charge in [-0.1, -0.05) is 11.6 Å². The van der Waals surface area contributed by atoms with Gasteiger partial charge in [-0.2, -0.15) is 0 Å². The molecule has 0 aliphatic carbocycles. The number of carbonyl (C=O) groups is 1. The molecule has 0 unspecified atom stereocenters. The van der Waals surface area contributed by atoms with Crippen LogP contribution in [0.2, 0.25) is 0 Å². The molecule has 0 atom stereocenters. The first-order chi connectivity index (χ1) is 9.47. The van der Waals surface area contributed by atoms with E-state index < -0.39 is 0 Å². The van der Waals surface area contributed by atoms with Gasteiger partial charge in [0.2, 0.25) is 0 Å². The molecule has 0 spiro atoms. The van der Waals surface area contributed by atoms with Gasteiger partial charge in [-0.25, -0.2) is 0 Å². The number of hydrogen-bond acceptors (Lipinski definition) is 2. The van der Waals surface area contributed by atoms with Crippen molar-refractivity contribution in [3.05, 3.63) is 33.8 Å². The predicted molar refractivity (Wildman–Crippen MR) is 86.1 cm³/mol. The summed E-state index contributed by atoms with van der Waals surface area (Å²) >= 11 is 3.49. The Bertz CT molecular complexity index is 479. The SMILES string of the molecule is Cc1ccc(Br)c(C(=O)N2CCC(CN(C)C)CC2)c1. The number of halogens is 1. The van der Waals surface area contributed by atoms with Crippen molar-refractivity contribution in [2.75, 3.05) is 33.7 Å². The third kappa shape index (κ3) is 3.83. The second-order valence-electron chi connectivity index (χ2n) is 5.98. The Kier molecular flexibility index (Phi) is 5.22. The molecule has 1 aromatic rings. The van der Waals surface area contributed by atoms with Crippen LogP contribution < -0.4 is 0 Å². The van der Waals surface area contributed by atoms with Crippen molar-refractivity contribution >= 4 is 21.8 Å². The van der Waals surface area contributed by atoms with Crippen LogP contribution in [0, 0.1) is 12.8 Å². The number of hydrogen-bond donors (Lipinski definition) is 0. The van der Waals surface area contributed by atoms with Crippen molar-refractivity contribution < 1.29 is 4.79 Å². The molecule has 1 saturated heterocycles. The van der Waals surface area contributed by atoms with Crippen molar-refractivity contribution in [3.8, 4) is 0 Å². The molecule has 0 N–H and O–H groups in total. The van der Waals surface area contributed by atoms with Crippen molar-refractivity contribution in [2.24, 2.45) is 5.92 Å². The molecule has 1 aromatic carbocycles. The highest BCUT2D eigenvalue weighted by molar-refractivity contribution is 9.10. The maximum atomic E-state index is 12.6. The maximum absolute atomic E-state index is 12.6. The lowest BCUT2D eigenvalue weighted by atomic mass is 9.96. The van der Waals surface area contributed by atoms with E-state index >= 15 is 0 Å². The molecule has 1 aliphatic heterocycles. The van der Waals surface area contributed by atoms with Gasteiger partial charge < -0.3 is 9.80 Å². The highest BCUT2D eigenvalue weighted by Gasteiger charge is 2.24. The summed E-state index contributed by atoms with van der Waals surface area (Å²) < 4.78 is 0.892. The molecule has 0 bridgehead atoms. The van der Waals surface area contributed by atoms with Crippen LogP contribution in [-0.2, 0) is 0 Å². The van der Waals surface area contributed by atoms with E-state index in [-0.39, 0.29) is 5.91 Å². The second kappa shape index (κ2) is 6.72. The number of likely N-dealkylation sites (tertiary alicyclic amines) is 1. The summed E-state index contributed by atoms with van der Waals surface area (Å²) in [5, 5.41) is 0. The molecule has 0 saturated carbocycles. The Morgan fingerprint density at radius 3 is 2.60 bits per heavy atom. The quantitative estimate of drug-likeness (QED) is 0.845. The molecule has 20 heavy (non-hydrogen) atoms. The Morgan fingerprint density at radius 2 is 2.00 bits per heavy atom. The van der Waals surface area contributed by atoms with Crippen LogP contribution in [0.5, 0.6) is 0 Å². The van der Waals surface area contributed by atoms with E-state index in [2.05, 4.69) is 34.9 Å². The highest BCUT2D eigenvalue weighted by atomic mass is 79.9. The maximum Gasteiger partial charge on any atom is 0.255 e. The molecular weight excluding hydrogens is 316 g/mol. The van der Waals surface area contributed by atoms with E-state index in [1.54, 1.807) is 0 Å². The summed E-state index contributed by atoms with van der Waals surface area (Å²) in [5.74, 6) is 0.874. The molecule has 0 aromatic heterocycles. The molecule has 1 fully saturated rings. The van der Waals surface area contributed by atoms with Crippen molar-refractivity contribution in [1.82, 2.24) is 9.80 Å². The monoisotopic (exact) mass is 338 g/mol. The predicted octanol–water partition coefficient (Wildman–Crippen LogP) is 3.17. The fourth-order valence-electron chi connectivity index (χ4n) is 2.81. The number of piperidine rings is 1. The number of carbonyl (C=O) groups excluding carboxylic acids is 1. The average Bonchev–Trinajstić information content (AvgIpc) is 2.41. The first-order valence-electron chi connectivity index (χ1n) is 7.17. The van der Waals surface area contributed by atoms with Gasteiger partial charge in [-0.15, -0.1) is 0 Å². The minimum atomic E-state index is 0.156. The topological polar surface area (TPSA) is 23.6 Å². The molecular formula is C16H23BrN2O. The van der Waals surface area contributed by atoms with Crippen LogP contribution in [0.1, 0.15) is 28.8 Å². The Labute approximate surface area is 130 Å². The smallest absolute Gasteiger partial charge is 0.255 e. The van der Waals surface area contributed by atoms with Crippen LogP contribution in [0.15, 0.2) is 22.7 Å². The zero-order valence-corrected chi connectivity index (χ0v) is 14.1. The lowest BCUT2D eigenvalue weighted by molar-refractivity contribution is 0.0677. The van der Waals surface area contributed by atoms with Gasteiger partial charge in [-0.05, 0) is 67.8 Å². The van der Waals surface area contributed by atoms with Crippen LogP contribution in [0.4, 0.5) is 0 Å². The summed E-state index contributed by atoms with van der Waals surface area (Å²) in [7, 11) is 4.22. The molecule has 1 amide bonds. The number of benzene rings is 1. The van der Waals surface area contributed by atoms with Gasteiger partial charge in [0.05, 0.1) is 5.56 Å². The number of rotatable bonds is 3. The van der Waals surface area contributed by atoms with Gasteiger partial charge in [-0.3, -0.25) is 4.79 Å². The summed E-state index contributed by atoms with van der Waals surface area (Å²) in [6.07, 6.45) is 2.21. The number of aryl methyl sites for hydroxylation is 1. The van der Waals surface area contributed by atoms with Gasteiger partial charge in [0.25, 0.3) is 5.91 Å². The molecule has 3 nitrogen and oxygen atoms in total. The number of amides is 1. The van der Waals surface area contributed by atoms with Crippen molar-refractivity contribution in [2.45, 2.75) is 19.8 Å². The van der Waals surface area contributed by atoms with E-state index in [9.17, 15) is 4.79 Å². The number of nitrogens with zero attached hydrogens (tertiary/aromatic N) is 2. The molecule has 1 heterocycles. The van der Waals surface area contributed by atoms with E-state index in [0.717, 1.165) is 54.0 Å². The van der Waals surface area contributed by atoms with Crippen LogP contribution in [0.25, 0.3) is 0 Å². The van der Waals surface area contributed by atoms with E-state index in [4.69, 9.17) is 0 Å². The fraction of sp³-hybridized carbons (Fsp3) is 0.562. The van der Waals surface area contributed by atoms with Gasteiger partial charge in [0, 0.05) is 24.1 Å². The van der Waals surface area contributed by atoms with Crippen molar-refractivity contribution in [1.29, 1.82) is 0 Å². The third-order valence-corrected chi connectivity index (χ3v) is 4.57. The van der Waals surface area contributed by atoms with Gasteiger partial charge >= 0.3 is 0 Å². The first kappa shape index (κ1) is 15.5. The normalized spacial score (nSPS) is 16.8. The molecule has 4 heteroatoms. The first-order valence-corrected chi connectivity index (χ1v) is 7.97. The van der Waals surface area contributed by atoms with Crippen LogP contribution in [-0.4, -0.2) is 49.4 Å². The Balaban J connectivity index is 2.00.